The van der Waals surface area contributed by atoms with Gasteiger partial charge in [0.1, 0.15) is 6.33 Å². The van der Waals surface area contributed by atoms with Gasteiger partial charge in [0, 0.05) is 6.20 Å². The number of carbonyl (C=O) groups excluding carboxylic acids is 1. The van der Waals surface area contributed by atoms with E-state index in [-0.39, 0.29) is 5.97 Å². The molecule has 4 heteroatoms. The Morgan fingerprint density at radius 3 is 2.76 bits per heavy atom. The molecule has 17 heavy (non-hydrogen) atoms. The highest BCUT2D eigenvalue weighted by atomic mass is 16.5. The quantitative estimate of drug-likeness (QED) is 0.539. The first-order valence-electron chi connectivity index (χ1n) is 6.19. The predicted molar refractivity (Wildman–Crippen MR) is 65.8 cm³/mol. The summed E-state index contributed by atoms with van der Waals surface area (Å²) in [6.07, 6.45) is 8.66. The molecule has 0 bridgehead atoms. The second kappa shape index (κ2) is 7.76. The molecule has 0 fully saturated rings. The van der Waals surface area contributed by atoms with Crippen LogP contribution < -0.4 is 0 Å². The van der Waals surface area contributed by atoms with E-state index in [1.807, 2.05) is 0 Å². The summed E-state index contributed by atoms with van der Waals surface area (Å²) in [6, 6.07) is 0. The number of aromatic nitrogens is 2. The lowest BCUT2D eigenvalue weighted by molar-refractivity contribution is 0.0495. The number of hydrogen-bond donors (Lipinski definition) is 0. The minimum atomic E-state index is -0.321. The van der Waals surface area contributed by atoms with E-state index >= 15 is 0 Å². The summed E-state index contributed by atoms with van der Waals surface area (Å²) in [5.74, 6) is -0.321. The van der Waals surface area contributed by atoms with E-state index in [0.29, 0.717) is 17.9 Å². The molecule has 0 saturated heterocycles. The number of nitrogens with zero attached hydrogens (tertiary/aromatic N) is 2. The smallest absolute Gasteiger partial charge is 0.341 e. The van der Waals surface area contributed by atoms with Crippen molar-refractivity contribution in [2.45, 2.75) is 46.0 Å². The monoisotopic (exact) mass is 236 g/mol. The number of aryl methyl sites for hydroxylation is 1. The lowest BCUT2D eigenvalue weighted by Crippen LogP contribution is -2.09. The van der Waals surface area contributed by atoms with Gasteiger partial charge in [-0.2, -0.15) is 0 Å². The second-order valence-corrected chi connectivity index (χ2v) is 4.07. The Kier molecular flexibility index (Phi) is 6.22. The van der Waals surface area contributed by atoms with Gasteiger partial charge in [-0.25, -0.2) is 14.8 Å². The van der Waals surface area contributed by atoms with Crippen molar-refractivity contribution in [3.05, 3.63) is 23.8 Å². The van der Waals surface area contributed by atoms with Crippen molar-refractivity contribution in [2.24, 2.45) is 0 Å². The zero-order valence-electron chi connectivity index (χ0n) is 10.6. The van der Waals surface area contributed by atoms with Crippen LogP contribution in [0.5, 0.6) is 0 Å². The Bertz CT molecular complexity index is 353. The second-order valence-electron chi connectivity index (χ2n) is 4.07. The first-order valence-corrected chi connectivity index (χ1v) is 6.19. The van der Waals surface area contributed by atoms with Crippen LogP contribution in [0.15, 0.2) is 12.5 Å². The molecule has 0 spiro atoms. The standard InChI is InChI=1S/C13H20N2O2/c1-3-4-5-6-7-8-17-13(16)12-9-14-10-15-11(12)2/h9-10H,3-8H2,1-2H3. The van der Waals surface area contributed by atoms with Crippen LogP contribution in [0.2, 0.25) is 0 Å². The van der Waals surface area contributed by atoms with Crippen molar-refractivity contribution >= 4 is 5.97 Å². The van der Waals surface area contributed by atoms with Crippen molar-refractivity contribution in [2.75, 3.05) is 6.61 Å². The molecule has 0 aliphatic heterocycles. The maximum absolute atomic E-state index is 11.7. The maximum atomic E-state index is 11.7. The summed E-state index contributed by atoms with van der Waals surface area (Å²) < 4.78 is 5.17. The van der Waals surface area contributed by atoms with Gasteiger partial charge < -0.3 is 4.74 Å². The Morgan fingerprint density at radius 2 is 2.06 bits per heavy atom. The SMILES string of the molecule is CCCCCCCOC(=O)c1cncnc1C. The molecule has 1 rings (SSSR count). The summed E-state index contributed by atoms with van der Waals surface area (Å²) >= 11 is 0. The third kappa shape index (κ3) is 4.93. The molecule has 0 aliphatic rings. The molecule has 0 unspecified atom stereocenters. The number of esters is 1. The maximum Gasteiger partial charge on any atom is 0.341 e. The fourth-order valence-corrected chi connectivity index (χ4v) is 1.54. The molecule has 0 atom stereocenters. The van der Waals surface area contributed by atoms with Gasteiger partial charge >= 0.3 is 5.97 Å². The minimum Gasteiger partial charge on any atom is -0.462 e. The van der Waals surface area contributed by atoms with Gasteiger partial charge in [0.25, 0.3) is 0 Å². The van der Waals surface area contributed by atoms with E-state index in [4.69, 9.17) is 4.74 Å². The number of ether oxygens (including phenoxy) is 1. The third-order valence-electron chi connectivity index (χ3n) is 2.61. The summed E-state index contributed by atoms with van der Waals surface area (Å²) in [6.45, 7) is 4.44. The molecule has 0 amide bonds. The van der Waals surface area contributed by atoms with Gasteiger partial charge in [-0.15, -0.1) is 0 Å². The molecule has 0 saturated carbocycles. The number of carbonyl (C=O) groups is 1. The molecular formula is C13H20N2O2. The first kappa shape index (κ1) is 13.6. The number of rotatable bonds is 7. The van der Waals surface area contributed by atoms with Crippen LogP contribution in [-0.2, 0) is 4.74 Å². The van der Waals surface area contributed by atoms with Crippen molar-refractivity contribution in [1.82, 2.24) is 9.97 Å². The number of unbranched alkanes of at least 4 members (excludes halogenated alkanes) is 4. The molecule has 0 aliphatic carbocycles. The summed E-state index contributed by atoms with van der Waals surface area (Å²) in [4.78, 5) is 19.4. The highest BCUT2D eigenvalue weighted by molar-refractivity contribution is 5.90. The van der Waals surface area contributed by atoms with Gasteiger partial charge in [0.2, 0.25) is 0 Å². The lowest BCUT2D eigenvalue weighted by Gasteiger charge is -2.05. The molecule has 1 heterocycles. The van der Waals surface area contributed by atoms with E-state index in [2.05, 4.69) is 16.9 Å². The highest BCUT2D eigenvalue weighted by Crippen LogP contribution is 2.06. The van der Waals surface area contributed by atoms with Crippen LogP contribution in [-0.4, -0.2) is 22.5 Å². The van der Waals surface area contributed by atoms with E-state index in [1.165, 1.54) is 31.8 Å². The Labute approximate surface area is 102 Å². The average Bonchev–Trinajstić information content (AvgIpc) is 2.34. The van der Waals surface area contributed by atoms with Crippen LogP contribution in [0.25, 0.3) is 0 Å². The highest BCUT2D eigenvalue weighted by Gasteiger charge is 2.10. The molecule has 94 valence electrons. The van der Waals surface area contributed by atoms with Crippen molar-refractivity contribution < 1.29 is 9.53 Å². The van der Waals surface area contributed by atoms with Gasteiger partial charge in [0.15, 0.2) is 0 Å². The third-order valence-corrected chi connectivity index (χ3v) is 2.61. The topological polar surface area (TPSA) is 52.1 Å². The van der Waals surface area contributed by atoms with Crippen LogP contribution in [0.3, 0.4) is 0 Å². The van der Waals surface area contributed by atoms with Gasteiger partial charge in [-0.3, -0.25) is 0 Å². The van der Waals surface area contributed by atoms with Gasteiger partial charge in [-0.05, 0) is 13.3 Å². The summed E-state index contributed by atoms with van der Waals surface area (Å²) in [7, 11) is 0. The first-order chi connectivity index (χ1) is 8.25. The van der Waals surface area contributed by atoms with Crippen LogP contribution in [0.1, 0.15) is 55.1 Å². The molecule has 1 aromatic rings. The molecule has 0 radical (unpaired) electrons. The van der Waals surface area contributed by atoms with Crippen molar-refractivity contribution in [3.63, 3.8) is 0 Å². The van der Waals surface area contributed by atoms with E-state index < -0.39 is 0 Å². The minimum absolute atomic E-state index is 0.321. The van der Waals surface area contributed by atoms with E-state index in [0.717, 1.165) is 12.8 Å². The summed E-state index contributed by atoms with van der Waals surface area (Å²) in [5.41, 5.74) is 1.12. The van der Waals surface area contributed by atoms with E-state index in [9.17, 15) is 4.79 Å². The van der Waals surface area contributed by atoms with Crippen LogP contribution in [0.4, 0.5) is 0 Å². The normalized spacial score (nSPS) is 10.2. The zero-order valence-corrected chi connectivity index (χ0v) is 10.6. The zero-order chi connectivity index (χ0) is 12.5. The largest absolute Gasteiger partial charge is 0.462 e. The Hall–Kier alpha value is -1.45. The summed E-state index contributed by atoms with van der Waals surface area (Å²) in [5, 5.41) is 0. The van der Waals surface area contributed by atoms with Gasteiger partial charge in [0.05, 0.1) is 17.9 Å². The Morgan fingerprint density at radius 1 is 1.29 bits per heavy atom. The average molecular weight is 236 g/mol. The van der Waals surface area contributed by atoms with Crippen LogP contribution in [0, 0.1) is 6.92 Å². The van der Waals surface area contributed by atoms with Gasteiger partial charge in [-0.1, -0.05) is 32.6 Å². The van der Waals surface area contributed by atoms with E-state index in [1.54, 1.807) is 6.92 Å². The number of hydrogen-bond acceptors (Lipinski definition) is 4. The fourth-order valence-electron chi connectivity index (χ4n) is 1.54. The van der Waals surface area contributed by atoms with Crippen molar-refractivity contribution in [1.29, 1.82) is 0 Å². The lowest BCUT2D eigenvalue weighted by atomic mass is 10.2. The molecule has 1 aromatic heterocycles. The fraction of sp³-hybridized carbons (Fsp3) is 0.615. The molecule has 0 N–H and O–H groups in total. The Balaban J connectivity index is 2.24. The molecule has 0 aromatic carbocycles. The molecular weight excluding hydrogens is 216 g/mol. The van der Waals surface area contributed by atoms with Crippen molar-refractivity contribution in [3.8, 4) is 0 Å². The van der Waals surface area contributed by atoms with Crippen LogP contribution >= 0.6 is 0 Å². The molecule has 4 nitrogen and oxygen atoms in total. The predicted octanol–water partition coefficient (Wildman–Crippen LogP) is 2.91.